The van der Waals surface area contributed by atoms with Crippen LogP contribution in [-0.4, -0.2) is 38.1 Å². The molecule has 158 valence electrons. The van der Waals surface area contributed by atoms with Crippen molar-refractivity contribution in [1.29, 1.82) is 0 Å². The van der Waals surface area contributed by atoms with E-state index in [0.29, 0.717) is 13.1 Å². The predicted octanol–water partition coefficient (Wildman–Crippen LogP) is 4.57. The highest BCUT2D eigenvalue weighted by Gasteiger charge is 2.19. The van der Waals surface area contributed by atoms with Gasteiger partial charge in [-0.3, -0.25) is 9.78 Å². The van der Waals surface area contributed by atoms with Crippen LogP contribution in [0.5, 0.6) is 0 Å². The standard InChI is InChI=1S/C25H26N4OS/c1-31-19-24-27-22-11-5-6-12-23(22)29(24)18-25(30)28(17-21-10-7-14-26-16-21)15-13-20-8-3-2-4-9-20/h2-12,14,16H,13,15,17-19H2,1H3. The van der Waals surface area contributed by atoms with Gasteiger partial charge in [-0.05, 0) is 42.0 Å². The average Bonchev–Trinajstić information content (AvgIpc) is 3.15. The number of aromatic nitrogens is 3. The highest BCUT2D eigenvalue weighted by molar-refractivity contribution is 7.97. The van der Waals surface area contributed by atoms with Crippen molar-refractivity contribution in [2.75, 3.05) is 12.8 Å². The summed E-state index contributed by atoms with van der Waals surface area (Å²) >= 11 is 1.71. The number of fused-ring (bicyclic) bond motifs is 1. The second kappa shape index (κ2) is 10.3. The quantitative estimate of drug-likeness (QED) is 0.390. The second-order valence-electron chi connectivity index (χ2n) is 7.45. The van der Waals surface area contributed by atoms with Crippen molar-refractivity contribution in [3.8, 4) is 0 Å². The van der Waals surface area contributed by atoms with E-state index in [2.05, 4.69) is 27.9 Å². The molecule has 0 radical (unpaired) electrons. The summed E-state index contributed by atoms with van der Waals surface area (Å²) < 4.78 is 2.06. The summed E-state index contributed by atoms with van der Waals surface area (Å²) in [6.45, 7) is 1.48. The highest BCUT2D eigenvalue weighted by Crippen LogP contribution is 2.20. The lowest BCUT2D eigenvalue weighted by molar-refractivity contribution is -0.132. The number of thioether (sulfide) groups is 1. The summed E-state index contributed by atoms with van der Waals surface area (Å²) in [6.07, 6.45) is 6.45. The average molecular weight is 431 g/mol. The van der Waals surface area contributed by atoms with Crippen molar-refractivity contribution in [2.24, 2.45) is 0 Å². The molecule has 2 heterocycles. The fraction of sp³-hybridized carbons (Fsp3) is 0.240. The molecule has 2 aromatic heterocycles. The molecule has 0 bridgehead atoms. The Labute approximate surface area is 187 Å². The van der Waals surface area contributed by atoms with E-state index in [1.54, 1.807) is 18.0 Å². The maximum absolute atomic E-state index is 13.5. The molecule has 31 heavy (non-hydrogen) atoms. The number of pyridine rings is 1. The SMILES string of the molecule is CSCc1nc2ccccc2n1CC(=O)N(CCc1ccccc1)Cc1cccnc1. The molecule has 4 rings (SSSR count). The number of amides is 1. The van der Waals surface area contributed by atoms with Crippen LogP contribution in [0.3, 0.4) is 0 Å². The van der Waals surface area contributed by atoms with Crippen LogP contribution in [0, 0.1) is 0 Å². The van der Waals surface area contributed by atoms with E-state index in [4.69, 9.17) is 4.98 Å². The normalized spacial score (nSPS) is 11.0. The van der Waals surface area contributed by atoms with Crippen LogP contribution in [0.15, 0.2) is 79.1 Å². The Morgan fingerprint density at radius 3 is 2.55 bits per heavy atom. The molecule has 0 saturated carbocycles. The molecule has 0 aliphatic rings. The molecular weight excluding hydrogens is 404 g/mol. The Hall–Kier alpha value is -3.12. The van der Waals surface area contributed by atoms with E-state index in [1.165, 1.54) is 5.56 Å². The van der Waals surface area contributed by atoms with Crippen LogP contribution in [0.4, 0.5) is 0 Å². The molecule has 5 nitrogen and oxygen atoms in total. The number of para-hydroxylation sites is 2. The number of hydrogen-bond acceptors (Lipinski definition) is 4. The van der Waals surface area contributed by atoms with Crippen LogP contribution in [-0.2, 0) is 30.1 Å². The molecule has 0 fully saturated rings. The number of carbonyl (C=O) groups excluding carboxylic acids is 1. The Balaban J connectivity index is 1.58. The van der Waals surface area contributed by atoms with Crippen molar-refractivity contribution in [3.05, 3.63) is 96.1 Å². The minimum atomic E-state index is 0.0882. The van der Waals surface area contributed by atoms with Gasteiger partial charge in [0.2, 0.25) is 5.91 Å². The van der Waals surface area contributed by atoms with E-state index in [0.717, 1.165) is 34.6 Å². The first-order valence-electron chi connectivity index (χ1n) is 10.4. The van der Waals surface area contributed by atoms with Gasteiger partial charge in [-0.15, -0.1) is 0 Å². The molecule has 1 amide bonds. The number of nitrogens with zero attached hydrogens (tertiary/aromatic N) is 4. The minimum Gasteiger partial charge on any atom is -0.336 e. The molecule has 0 atom stereocenters. The van der Waals surface area contributed by atoms with Crippen LogP contribution in [0.25, 0.3) is 11.0 Å². The summed E-state index contributed by atoms with van der Waals surface area (Å²) in [6, 6.07) is 22.2. The smallest absolute Gasteiger partial charge is 0.242 e. The fourth-order valence-corrected chi connectivity index (χ4v) is 4.17. The summed E-state index contributed by atoms with van der Waals surface area (Å²) in [7, 11) is 0. The first-order valence-corrected chi connectivity index (χ1v) is 11.8. The Morgan fingerprint density at radius 2 is 1.77 bits per heavy atom. The summed E-state index contributed by atoms with van der Waals surface area (Å²) in [5.41, 5.74) is 4.19. The van der Waals surface area contributed by atoms with E-state index in [1.807, 2.05) is 65.7 Å². The van der Waals surface area contributed by atoms with Gasteiger partial charge in [-0.1, -0.05) is 48.5 Å². The van der Waals surface area contributed by atoms with Gasteiger partial charge in [0.25, 0.3) is 0 Å². The van der Waals surface area contributed by atoms with Gasteiger partial charge < -0.3 is 9.47 Å². The van der Waals surface area contributed by atoms with Gasteiger partial charge in [-0.2, -0.15) is 11.8 Å². The first-order chi connectivity index (χ1) is 15.2. The maximum atomic E-state index is 13.5. The summed E-state index contributed by atoms with van der Waals surface area (Å²) in [5, 5.41) is 0. The van der Waals surface area contributed by atoms with E-state index >= 15 is 0 Å². The van der Waals surface area contributed by atoms with Crippen LogP contribution in [0.2, 0.25) is 0 Å². The van der Waals surface area contributed by atoms with Gasteiger partial charge in [0.1, 0.15) is 12.4 Å². The molecule has 0 saturated heterocycles. The van der Waals surface area contributed by atoms with E-state index in [9.17, 15) is 4.79 Å². The van der Waals surface area contributed by atoms with Crippen LogP contribution >= 0.6 is 11.8 Å². The van der Waals surface area contributed by atoms with Crippen LogP contribution in [0.1, 0.15) is 17.0 Å². The Kier molecular flexibility index (Phi) is 6.99. The van der Waals surface area contributed by atoms with Crippen molar-refractivity contribution >= 4 is 28.7 Å². The van der Waals surface area contributed by atoms with Crippen LogP contribution < -0.4 is 0 Å². The lowest BCUT2D eigenvalue weighted by atomic mass is 10.1. The monoisotopic (exact) mass is 430 g/mol. The molecule has 6 heteroatoms. The second-order valence-corrected chi connectivity index (χ2v) is 8.31. The van der Waals surface area contributed by atoms with E-state index in [-0.39, 0.29) is 12.5 Å². The topological polar surface area (TPSA) is 51.0 Å². The zero-order valence-corrected chi connectivity index (χ0v) is 18.5. The third kappa shape index (κ3) is 5.33. The fourth-order valence-electron chi connectivity index (χ4n) is 3.69. The molecule has 4 aromatic rings. The molecule has 0 unspecified atom stereocenters. The molecule has 0 spiro atoms. The minimum absolute atomic E-state index is 0.0882. The van der Waals surface area contributed by atoms with E-state index < -0.39 is 0 Å². The van der Waals surface area contributed by atoms with Gasteiger partial charge in [-0.25, -0.2) is 4.98 Å². The number of carbonyl (C=O) groups is 1. The number of rotatable bonds is 9. The largest absolute Gasteiger partial charge is 0.336 e. The van der Waals surface area contributed by atoms with Gasteiger partial charge in [0, 0.05) is 25.5 Å². The van der Waals surface area contributed by atoms with Gasteiger partial charge in [0.15, 0.2) is 0 Å². The van der Waals surface area contributed by atoms with Gasteiger partial charge >= 0.3 is 0 Å². The highest BCUT2D eigenvalue weighted by atomic mass is 32.2. The molecule has 2 aromatic carbocycles. The summed E-state index contributed by atoms with van der Waals surface area (Å²) in [4.78, 5) is 24.4. The van der Waals surface area contributed by atoms with Crippen molar-refractivity contribution in [3.63, 3.8) is 0 Å². The predicted molar refractivity (Wildman–Crippen MR) is 127 cm³/mol. The lowest BCUT2D eigenvalue weighted by Crippen LogP contribution is -2.35. The lowest BCUT2D eigenvalue weighted by Gasteiger charge is -2.24. The van der Waals surface area contributed by atoms with Crippen molar-refractivity contribution in [2.45, 2.75) is 25.3 Å². The number of benzene rings is 2. The summed E-state index contributed by atoms with van der Waals surface area (Å²) in [5.74, 6) is 1.80. The van der Waals surface area contributed by atoms with Gasteiger partial charge in [0.05, 0.1) is 16.8 Å². The zero-order chi connectivity index (χ0) is 21.5. The van der Waals surface area contributed by atoms with Crippen molar-refractivity contribution in [1.82, 2.24) is 19.4 Å². The maximum Gasteiger partial charge on any atom is 0.242 e. The third-order valence-electron chi connectivity index (χ3n) is 5.26. The Morgan fingerprint density at radius 1 is 1.00 bits per heavy atom. The molecular formula is C25H26N4OS. The molecule has 0 aliphatic heterocycles. The zero-order valence-electron chi connectivity index (χ0n) is 17.6. The molecule has 0 aliphatic carbocycles. The third-order valence-corrected chi connectivity index (χ3v) is 5.81. The number of hydrogen-bond donors (Lipinski definition) is 0. The van der Waals surface area contributed by atoms with Crippen molar-refractivity contribution < 1.29 is 4.79 Å². The number of imidazole rings is 1. The molecule has 0 N–H and O–H groups in total. The first kappa shape index (κ1) is 21.1. The Bertz CT molecular complexity index is 1130.